The number of quaternary nitrogens is 1. The Morgan fingerprint density at radius 1 is 1.00 bits per heavy atom. The van der Waals surface area contributed by atoms with E-state index < -0.39 is 0 Å². The highest BCUT2D eigenvalue weighted by Gasteiger charge is 2.10. The Hall–Kier alpha value is -2.37. The SMILES string of the molecule is C[NH+](C)Cc1ccccc1CNC(=O)CNC(=O)c1cccc(Cl)c1. The number of hydrogen-bond donors (Lipinski definition) is 3. The first-order chi connectivity index (χ1) is 12.0. The predicted octanol–water partition coefficient (Wildman–Crippen LogP) is 1.03. The van der Waals surface area contributed by atoms with Crippen LogP contribution in [0.4, 0.5) is 0 Å². The molecule has 2 amide bonds. The Morgan fingerprint density at radius 2 is 1.72 bits per heavy atom. The lowest BCUT2D eigenvalue weighted by Crippen LogP contribution is -3.04. The van der Waals surface area contributed by atoms with Crippen LogP contribution in [0, 0.1) is 0 Å². The molecule has 0 aliphatic heterocycles. The number of amides is 2. The summed E-state index contributed by atoms with van der Waals surface area (Å²) in [5, 5.41) is 5.92. The summed E-state index contributed by atoms with van der Waals surface area (Å²) in [5.41, 5.74) is 2.71. The largest absolute Gasteiger partial charge is 0.350 e. The highest BCUT2D eigenvalue weighted by molar-refractivity contribution is 6.30. The number of carbonyl (C=O) groups excluding carboxylic acids is 2. The number of hydrogen-bond acceptors (Lipinski definition) is 2. The molecule has 2 aromatic rings. The van der Waals surface area contributed by atoms with E-state index in [-0.39, 0.29) is 18.4 Å². The standard InChI is InChI=1S/C19H22ClN3O2/c1-23(2)13-16-7-4-3-6-15(16)11-21-18(24)12-22-19(25)14-8-5-9-17(20)10-14/h3-10H,11-13H2,1-2H3,(H,21,24)(H,22,25)/p+1. The van der Waals surface area contributed by atoms with E-state index in [1.807, 2.05) is 18.2 Å². The third kappa shape index (κ3) is 6.21. The average Bonchev–Trinajstić information content (AvgIpc) is 2.58. The molecule has 0 spiro atoms. The van der Waals surface area contributed by atoms with Gasteiger partial charge in [-0.3, -0.25) is 9.59 Å². The minimum Gasteiger partial charge on any atom is -0.350 e. The van der Waals surface area contributed by atoms with E-state index in [4.69, 9.17) is 11.6 Å². The zero-order chi connectivity index (χ0) is 18.2. The topological polar surface area (TPSA) is 62.6 Å². The summed E-state index contributed by atoms with van der Waals surface area (Å²) in [6, 6.07) is 14.6. The molecule has 0 aromatic heterocycles. The zero-order valence-corrected chi connectivity index (χ0v) is 15.2. The second-order valence-electron chi connectivity index (χ2n) is 6.12. The van der Waals surface area contributed by atoms with Crippen LogP contribution in [0.1, 0.15) is 21.5 Å². The van der Waals surface area contributed by atoms with Gasteiger partial charge in [-0.15, -0.1) is 0 Å². The molecule has 0 radical (unpaired) electrons. The van der Waals surface area contributed by atoms with Crippen LogP contribution in [0.3, 0.4) is 0 Å². The van der Waals surface area contributed by atoms with Crippen molar-refractivity contribution in [2.45, 2.75) is 13.1 Å². The number of benzene rings is 2. The maximum absolute atomic E-state index is 12.0. The fourth-order valence-electron chi connectivity index (χ4n) is 2.43. The maximum Gasteiger partial charge on any atom is 0.251 e. The number of nitrogens with one attached hydrogen (secondary N) is 3. The van der Waals surface area contributed by atoms with Gasteiger partial charge in [0.15, 0.2) is 0 Å². The van der Waals surface area contributed by atoms with E-state index in [1.165, 1.54) is 10.5 Å². The van der Waals surface area contributed by atoms with Crippen LogP contribution in [0.25, 0.3) is 0 Å². The highest BCUT2D eigenvalue weighted by Crippen LogP contribution is 2.10. The smallest absolute Gasteiger partial charge is 0.251 e. The lowest BCUT2D eigenvalue weighted by molar-refractivity contribution is -0.872. The first-order valence-corrected chi connectivity index (χ1v) is 8.50. The molecule has 6 heteroatoms. The van der Waals surface area contributed by atoms with Crippen molar-refractivity contribution in [2.24, 2.45) is 0 Å². The molecule has 5 nitrogen and oxygen atoms in total. The normalized spacial score (nSPS) is 10.6. The van der Waals surface area contributed by atoms with Crippen LogP contribution in [-0.4, -0.2) is 32.5 Å². The van der Waals surface area contributed by atoms with Gasteiger partial charge in [0.25, 0.3) is 5.91 Å². The number of rotatable bonds is 7. The first kappa shape index (κ1) is 19.0. The van der Waals surface area contributed by atoms with E-state index in [0.717, 1.165) is 12.1 Å². The summed E-state index contributed by atoms with van der Waals surface area (Å²) in [6.07, 6.45) is 0. The van der Waals surface area contributed by atoms with Gasteiger partial charge in [0.2, 0.25) is 5.91 Å². The molecule has 2 rings (SSSR count). The molecule has 2 aromatic carbocycles. The Kier molecular flexibility index (Phi) is 6.98. The quantitative estimate of drug-likeness (QED) is 0.690. The van der Waals surface area contributed by atoms with E-state index in [1.54, 1.807) is 24.3 Å². The van der Waals surface area contributed by atoms with Gasteiger partial charge in [-0.25, -0.2) is 0 Å². The number of carbonyl (C=O) groups is 2. The van der Waals surface area contributed by atoms with Crippen molar-refractivity contribution in [1.82, 2.24) is 10.6 Å². The summed E-state index contributed by atoms with van der Waals surface area (Å²) in [5.74, 6) is -0.559. The minimum absolute atomic E-state index is 0.0769. The van der Waals surface area contributed by atoms with Crippen molar-refractivity contribution in [2.75, 3.05) is 20.6 Å². The summed E-state index contributed by atoms with van der Waals surface area (Å²) < 4.78 is 0. The van der Waals surface area contributed by atoms with Crippen molar-refractivity contribution < 1.29 is 14.5 Å². The molecule has 0 saturated carbocycles. The van der Waals surface area contributed by atoms with Crippen LogP contribution >= 0.6 is 11.6 Å². The fourth-order valence-corrected chi connectivity index (χ4v) is 2.62. The van der Waals surface area contributed by atoms with Crippen molar-refractivity contribution in [3.8, 4) is 0 Å². The van der Waals surface area contributed by atoms with Crippen molar-refractivity contribution >= 4 is 23.4 Å². The Bertz CT molecular complexity index is 747. The number of halogens is 1. The van der Waals surface area contributed by atoms with Gasteiger partial charge < -0.3 is 15.5 Å². The Labute approximate surface area is 153 Å². The predicted molar refractivity (Wildman–Crippen MR) is 98.6 cm³/mol. The van der Waals surface area contributed by atoms with Gasteiger partial charge in [0.05, 0.1) is 20.6 Å². The van der Waals surface area contributed by atoms with E-state index in [2.05, 4.69) is 30.8 Å². The van der Waals surface area contributed by atoms with Gasteiger partial charge in [-0.2, -0.15) is 0 Å². The van der Waals surface area contributed by atoms with Crippen LogP contribution in [-0.2, 0) is 17.9 Å². The summed E-state index contributed by atoms with van der Waals surface area (Å²) in [4.78, 5) is 25.3. The van der Waals surface area contributed by atoms with Crippen LogP contribution in [0.5, 0.6) is 0 Å². The van der Waals surface area contributed by atoms with E-state index in [0.29, 0.717) is 17.1 Å². The molecular formula is C19H23ClN3O2+. The molecule has 0 aliphatic rings. The van der Waals surface area contributed by atoms with E-state index >= 15 is 0 Å². The molecule has 0 bridgehead atoms. The monoisotopic (exact) mass is 360 g/mol. The molecule has 0 unspecified atom stereocenters. The van der Waals surface area contributed by atoms with Gasteiger partial charge >= 0.3 is 0 Å². The molecule has 132 valence electrons. The summed E-state index contributed by atoms with van der Waals surface area (Å²) in [7, 11) is 4.17. The molecule has 0 fully saturated rings. The second kappa shape index (κ2) is 9.20. The zero-order valence-electron chi connectivity index (χ0n) is 14.4. The van der Waals surface area contributed by atoms with Gasteiger partial charge in [0.1, 0.15) is 6.54 Å². The third-order valence-electron chi connectivity index (χ3n) is 3.63. The molecule has 0 heterocycles. The molecule has 0 atom stereocenters. The van der Waals surface area contributed by atoms with Gasteiger partial charge in [-0.1, -0.05) is 41.9 Å². The fraction of sp³-hybridized carbons (Fsp3) is 0.263. The average molecular weight is 361 g/mol. The lowest BCUT2D eigenvalue weighted by atomic mass is 10.1. The molecule has 25 heavy (non-hydrogen) atoms. The van der Waals surface area contributed by atoms with Crippen LogP contribution < -0.4 is 15.5 Å². The van der Waals surface area contributed by atoms with Crippen LogP contribution in [0.2, 0.25) is 5.02 Å². The molecule has 3 N–H and O–H groups in total. The van der Waals surface area contributed by atoms with Crippen molar-refractivity contribution in [3.63, 3.8) is 0 Å². The Balaban J connectivity index is 1.84. The lowest BCUT2D eigenvalue weighted by Gasteiger charge is -2.13. The van der Waals surface area contributed by atoms with Crippen LogP contribution in [0.15, 0.2) is 48.5 Å². The molecule has 0 saturated heterocycles. The first-order valence-electron chi connectivity index (χ1n) is 8.12. The maximum atomic E-state index is 12.0. The van der Waals surface area contributed by atoms with Crippen molar-refractivity contribution in [1.29, 1.82) is 0 Å². The summed E-state index contributed by atoms with van der Waals surface area (Å²) in [6.45, 7) is 1.25. The minimum atomic E-state index is -0.325. The molecular weight excluding hydrogens is 338 g/mol. The Morgan fingerprint density at radius 3 is 2.40 bits per heavy atom. The van der Waals surface area contributed by atoms with Gasteiger partial charge in [-0.05, 0) is 23.8 Å². The summed E-state index contributed by atoms with van der Waals surface area (Å²) >= 11 is 5.86. The van der Waals surface area contributed by atoms with Crippen molar-refractivity contribution in [3.05, 3.63) is 70.2 Å². The second-order valence-corrected chi connectivity index (χ2v) is 6.56. The van der Waals surface area contributed by atoms with E-state index in [9.17, 15) is 9.59 Å². The molecule has 0 aliphatic carbocycles. The van der Waals surface area contributed by atoms with Gasteiger partial charge in [0, 0.05) is 22.7 Å². The third-order valence-corrected chi connectivity index (χ3v) is 3.87. The highest BCUT2D eigenvalue weighted by atomic mass is 35.5.